The van der Waals surface area contributed by atoms with Crippen LogP contribution in [0.25, 0.3) is 0 Å². The van der Waals surface area contributed by atoms with Gasteiger partial charge in [-0.1, -0.05) is 11.8 Å². The van der Waals surface area contributed by atoms with E-state index in [1.165, 1.54) is 12.1 Å². The second-order valence-corrected chi connectivity index (χ2v) is 4.02. The van der Waals surface area contributed by atoms with Crippen LogP contribution in [0.5, 0.6) is 5.75 Å². The lowest BCUT2D eigenvalue weighted by Crippen LogP contribution is -2.18. The first kappa shape index (κ1) is 17.3. The third-order valence-corrected chi connectivity index (χ3v) is 2.23. The standard InChI is InChI=1S/C14H15F4NO2/c15-13-9-12(5-4-11(13)3-1-6-19)21-8-2-7-20-10-14(16,17)18/h4-5,9H,2,6-8,10,19H2. The Hall–Kier alpha value is -1.78. The first-order chi connectivity index (χ1) is 9.92. The Bertz CT molecular complexity index is 506. The molecule has 2 N–H and O–H groups in total. The van der Waals surface area contributed by atoms with Crippen molar-refractivity contribution in [3.63, 3.8) is 0 Å². The lowest BCUT2D eigenvalue weighted by molar-refractivity contribution is -0.174. The highest BCUT2D eigenvalue weighted by molar-refractivity contribution is 5.39. The van der Waals surface area contributed by atoms with Gasteiger partial charge < -0.3 is 15.2 Å². The summed E-state index contributed by atoms with van der Waals surface area (Å²) in [6.45, 7) is -1.10. The number of ether oxygens (including phenoxy) is 2. The number of nitrogens with two attached hydrogens (primary N) is 1. The van der Waals surface area contributed by atoms with Crippen molar-refractivity contribution in [2.45, 2.75) is 12.6 Å². The lowest BCUT2D eigenvalue weighted by atomic mass is 10.2. The van der Waals surface area contributed by atoms with Gasteiger partial charge >= 0.3 is 6.18 Å². The van der Waals surface area contributed by atoms with Gasteiger partial charge in [-0.3, -0.25) is 0 Å². The molecule has 0 unspecified atom stereocenters. The van der Waals surface area contributed by atoms with Gasteiger partial charge in [-0.2, -0.15) is 13.2 Å². The topological polar surface area (TPSA) is 44.5 Å². The van der Waals surface area contributed by atoms with Crippen molar-refractivity contribution in [1.29, 1.82) is 0 Å². The van der Waals surface area contributed by atoms with Crippen LogP contribution in [0.2, 0.25) is 0 Å². The summed E-state index contributed by atoms with van der Waals surface area (Å²) in [6, 6.07) is 4.14. The molecule has 3 nitrogen and oxygen atoms in total. The second-order valence-electron chi connectivity index (χ2n) is 4.02. The average Bonchev–Trinajstić information content (AvgIpc) is 2.40. The molecule has 0 aliphatic rings. The van der Waals surface area contributed by atoms with Crippen molar-refractivity contribution >= 4 is 0 Å². The molecule has 0 saturated heterocycles. The smallest absolute Gasteiger partial charge is 0.411 e. The van der Waals surface area contributed by atoms with Gasteiger partial charge in [0.2, 0.25) is 0 Å². The molecule has 0 amide bonds. The van der Waals surface area contributed by atoms with Gasteiger partial charge in [-0.15, -0.1) is 0 Å². The normalized spacial score (nSPS) is 10.9. The molecule has 1 aromatic carbocycles. The molecule has 0 heterocycles. The third kappa shape index (κ3) is 7.54. The summed E-state index contributed by atoms with van der Waals surface area (Å²) in [5, 5.41) is 0. The summed E-state index contributed by atoms with van der Waals surface area (Å²) in [7, 11) is 0. The van der Waals surface area contributed by atoms with Crippen LogP contribution in [0.3, 0.4) is 0 Å². The second kappa shape index (κ2) is 8.49. The van der Waals surface area contributed by atoms with Crippen molar-refractivity contribution in [3.8, 4) is 17.6 Å². The molecule has 0 radical (unpaired) electrons. The molecule has 0 aliphatic heterocycles. The van der Waals surface area contributed by atoms with E-state index < -0.39 is 18.6 Å². The third-order valence-electron chi connectivity index (χ3n) is 2.23. The largest absolute Gasteiger partial charge is 0.493 e. The zero-order valence-corrected chi connectivity index (χ0v) is 11.2. The Kier molecular flexibility index (Phi) is 6.99. The van der Waals surface area contributed by atoms with E-state index in [0.29, 0.717) is 0 Å². The Balaban J connectivity index is 2.31. The fourth-order valence-corrected chi connectivity index (χ4v) is 1.37. The SMILES string of the molecule is NCC#Cc1ccc(OCCCOCC(F)(F)F)cc1F. The summed E-state index contributed by atoms with van der Waals surface area (Å²) >= 11 is 0. The highest BCUT2D eigenvalue weighted by atomic mass is 19.4. The molecule has 21 heavy (non-hydrogen) atoms. The average molecular weight is 305 g/mol. The Morgan fingerprint density at radius 3 is 2.57 bits per heavy atom. The van der Waals surface area contributed by atoms with Crippen LogP contribution in [0, 0.1) is 17.7 Å². The zero-order valence-electron chi connectivity index (χ0n) is 11.2. The highest BCUT2D eigenvalue weighted by Gasteiger charge is 2.27. The fourth-order valence-electron chi connectivity index (χ4n) is 1.37. The summed E-state index contributed by atoms with van der Waals surface area (Å²) in [4.78, 5) is 0. The maximum absolute atomic E-state index is 13.6. The summed E-state index contributed by atoms with van der Waals surface area (Å²) in [5.41, 5.74) is 5.40. The molecule has 1 rings (SSSR count). The van der Waals surface area contributed by atoms with Crippen molar-refractivity contribution < 1.29 is 27.0 Å². The maximum Gasteiger partial charge on any atom is 0.411 e. The minimum atomic E-state index is -4.33. The highest BCUT2D eigenvalue weighted by Crippen LogP contribution is 2.17. The van der Waals surface area contributed by atoms with Crippen LogP contribution in [0.1, 0.15) is 12.0 Å². The van der Waals surface area contributed by atoms with Crippen molar-refractivity contribution in [1.82, 2.24) is 0 Å². The molecule has 0 bridgehead atoms. The van der Waals surface area contributed by atoms with E-state index in [1.54, 1.807) is 0 Å². The number of hydrogen-bond donors (Lipinski definition) is 1. The predicted octanol–water partition coefficient (Wildman–Crippen LogP) is 2.48. The molecular formula is C14H15F4NO2. The maximum atomic E-state index is 13.6. The van der Waals surface area contributed by atoms with E-state index in [4.69, 9.17) is 10.5 Å². The van der Waals surface area contributed by atoms with Gasteiger partial charge in [0.25, 0.3) is 0 Å². The van der Waals surface area contributed by atoms with Crippen LogP contribution in [-0.4, -0.2) is 32.5 Å². The van der Waals surface area contributed by atoms with E-state index in [9.17, 15) is 17.6 Å². The first-order valence-electron chi connectivity index (χ1n) is 6.18. The monoisotopic (exact) mass is 305 g/mol. The van der Waals surface area contributed by atoms with Crippen LogP contribution in [0.4, 0.5) is 17.6 Å². The number of hydrogen-bond acceptors (Lipinski definition) is 3. The zero-order chi connectivity index (χ0) is 15.7. The van der Waals surface area contributed by atoms with Crippen LogP contribution in [-0.2, 0) is 4.74 Å². The molecule has 0 fully saturated rings. The van der Waals surface area contributed by atoms with Gasteiger partial charge in [-0.25, -0.2) is 4.39 Å². The van der Waals surface area contributed by atoms with Crippen LogP contribution >= 0.6 is 0 Å². The number of benzene rings is 1. The molecule has 0 saturated carbocycles. The van der Waals surface area contributed by atoms with Crippen molar-refractivity contribution in [2.75, 3.05) is 26.4 Å². The lowest BCUT2D eigenvalue weighted by Gasteiger charge is -2.09. The summed E-state index contributed by atoms with van der Waals surface area (Å²) < 4.78 is 58.5. The Labute approximate surface area is 120 Å². The van der Waals surface area contributed by atoms with E-state index in [2.05, 4.69) is 16.6 Å². The molecule has 7 heteroatoms. The van der Waals surface area contributed by atoms with Gasteiger partial charge in [0.05, 0.1) is 25.3 Å². The van der Waals surface area contributed by atoms with Crippen molar-refractivity contribution in [3.05, 3.63) is 29.6 Å². The van der Waals surface area contributed by atoms with Gasteiger partial charge in [0, 0.05) is 12.5 Å². The Morgan fingerprint density at radius 1 is 1.19 bits per heavy atom. The number of alkyl halides is 3. The van der Waals surface area contributed by atoms with Gasteiger partial charge in [0.15, 0.2) is 0 Å². The van der Waals surface area contributed by atoms with E-state index in [-0.39, 0.29) is 37.5 Å². The number of halogens is 4. The van der Waals surface area contributed by atoms with Crippen molar-refractivity contribution in [2.24, 2.45) is 5.73 Å². The molecule has 0 aromatic heterocycles. The van der Waals surface area contributed by atoms with E-state index in [1.807, 2.05) is 0 Å². The summed E-state index contributed by atoms with van der Waals surface area (Å²) in [6.07, 6.45) is -4.06. The fraction of sp³-hybridized carbons (Fsp3) is 0.429. The van der Waals surface area contributed by atoms with Gasteiger partial charge in [-0.05, 0) is 12.1 Å². The molecule has 0 atom stereocenters. The van der Waals surface area contributed by atoms with E-state index >= 15 is 0 Å². The number of rotatable bonds is 6. The first-order valence-corrected chi connectivity index (χ1v) is 6.18. The minimum Gasteiger partial charge on any atom is -0.493 e. The molecule has 0 aliphatic carbocycles. The van der Waals surface area contributed by atoms with Crippen LogP contribution in [0.15, 0.2) is 18.2 Å². The Morgan fingerprint density at radius 2 is 1.95 bits per heavy atom. The molecule has 1 aromatic rings. The predicted molar refractivity (Wildman–Crippen MR) is 69.3 cm³/mol. The van der Waals surface area contributed by atoms with E-state index in [0.717, 1.165) is 6.07 Å². The minimum absolute atomic E-state index is 0.0813. The molecular weight excluding hydrogens is 290 g/mol. The van der Waals surface area contributed by atoms with Gasteiger partial charge in [0.1, 0.15) is 18.2 Å². The quantitative estimate of drug-likeness (QED) is 0.499. The summed E-state index contributed by atoms with van der Waals surface area (Å²) in [5.74, 6) is 4.84. The van der Waals surface area contributed by atoms with Crippen LogP contribution < -0.4 is 10.5 Å². The molecule has 116 valence electrons. The molecule has 0 spiro atoms.